The molecule has 0 unspecified atom stereocenters. The number of carbonyl (C=O) groups is 1. The maximum Gasteiger partial charge on any atom is 0.246 e. The summed E-state index contributed by atoms with van der Waals surface area (Å²) in [6.45, 7) is 2.24. The Bertz CT molecular complexity index is 706. The molecule has 0 N–H and O–H groups in total. The van der Waals surface area contributed by atoms with Crippen LogP contribution in [0.15, 0.2) is 18.2 Å². The van der Waals surface area contributed by atoms with E-state index in [0.717, 1.165) is 0 Å². The fourth-order valence-electron chi connectivity index (χ4n) is 2.66. The molecule has 0 aliphatic carbocycles. The van der Waals surface area contributed by atoms with Crippen LogP contribution in [0.1, 0.15) is 13.3 Å². The molecule has 1 atom stereocenters. The first kappa shape index (κ1) is 17.5. The quantitative estimate of drug-likeness (QED) is 0.829. The molecule has 8 heteroatoms. The summed E-state index contributed by atoms with van der Waals surface area (Å²) < 4.78 is 40.7. The van der Waals surface area contributed by atoms with Crippen LogP contribution in [0.25, 0.3) is 0 Å². The summed E-state index contributed by atoms with van der Waals surface area (Å²) in [6, 6.07) is 4.08. The van der Waals surface area contributed by atoms with Crippen molar-refractivity contribution in [1.29, 1.82) is 0 Å². The Kier molecular flexibility index (Phi) is 4.84. The third kappa shape index (κ3) is 3.26. The average Bonchev–Trinajstić information content (AvgIpc) is 2.64. The molecule has 2 rings (SSSR count). The zero-order valence-electron chi connectivity index (χ0n) is 13.8. The topological polar surface area (TPSA) is 60.9 Å². The Labute approximate surface area is 136 Å². The first-order valence-electron chi connectivity index (χ1n) is 7.39. The number of amides is 1. The number of halogens is 1. The van der Waals surface area contributed by atoms with Crippen LogP contribution < -0.4 is 9.21 Å². The number of benzene rings is 1. The van der Waals surface area contributed by atoms with Crippen LogP contribution in [0, 0.1) is 5.82 Å². The first-order chi connectivity index (χ1) is 10.7. The number of nitrogens with zero attached hydrogens (tertiary/aromatic N) is 3. The molecule has 0 saturated heterocycles. The number of sulfonamides is 1. The van der Waals surface area contributed by atoms with E-state index in [1.165, 1.54) is 42.4 Å². The Hall–Kier alpha value is -1.83. The third-order valence-corrected chi connectivity index (χ3v) is 6.10. The lowest BCUT2D eigenvalue weighted by molar-refractivity contribution is -0.127. The van der Waals surface area contributed by atoms with E-state index in [1.54, 1.807) is 6.07 Å². The van der Waals surface area contributed by atoms with E-state index in [9.17, 15) is 17.6 Å². The highest BCUT2D eigenvalue weighted by atomic mass is 32.2. The molecule has 1 aliphatic rings. The summed E-state index contributed by atoms with van der Waals surface area (Å²) >= 11 is 0. The molecular formula is C15H22FN3O3S. The fraction of sp³-hybridized carbons (Fsp3) is 0.533. The highest BCUT2D eigenvalue weighted by molar-refractivity contribution is 7.94. The Morgan fingerprint density at radius 3 is 2.52 bits per heavy atom. The van der Waals surface area contributed by atoms with Crippen LogP contribution in [0.3, 0.4) is 0 Å². The van der Waals surface area contributed by atoms with Crippen molar-refractivity contribution in [2.75, 3.05) is 43.4 Å². The van der Waals surface area contributed by atoms with E-state index in [2.05, 4.69) is 0 Å². The minimum Gasteiger partial charge on any atom is -0.373 e. The predicted molar refractivity (Wildman–Crippen MR) is 88.7 cm³/mol. The van der Waals surface area contributed by atoms with Crippen LogP contribution in [0.2, 0.25) is 0 Å². The van der Waals surface area contributed by atoms with E-state index in [1.807, 2.05) is 11.9 Å². The van der Waals surface area contributed by atoms with Gasteiger partial charge in [0.2, 0.25) is 15.9 Å². The van der Waals surface area contributed by atoms with Gasteiger partial charge in [0.05, 0.1) is 11.4 Å². The van der Waals surface area contributed by atoms with Crippen molar-refractivity contribution >= 4 is 27.3 Å². The van der Waals surface area contributed by atoms with E-state index in [-0.39, 0.29) is 12.2 Å². The number of fused-ring (bicyclic) bond motifs is 1. The fourth-order valence-corrected chi connectivity index (χ4v) is 4.31. The van der Waals surface area contributed by atoms with Crippen molar-refractivity contribution in [3.8, 4) is 0 Å². The molecule has 23 heavy (non-hydrogen) atoms. The van der Waals surface area contributed by atoms with Gasteiger partial charge < -0.3 is 9.80 Å². The van der Waals surface area contributed by atoms with Gasteiger partial charge in [-0.25, -0.2) is 12.8 Å². The summed E-state index contributed by atoms with van der Waals surface area (Å²) in [7, 11) is 0.924. The number of rotatable bonds is 3. The van der Waals surface area contributed by atoms with Gasteiger partial charge in [-0.2, -0.15) is 0 Å². The monoisotopic (exact) mass is 343 g/mol. The highest BCUT2D eigenvalue weighted by Gasteiger charge is 2.37. The van der Waals surface area contributed by atoms with Gasteiger partial charge in [0.1, 0.15) is 5.82 Å². The second-order valence-electron chi connectivity index (χ2n) is 5.90. The smallest absolute Gasteiger partial charge is 0.246 e. The zero-order valence-corrected chi connectivity index (χ0v) is 14.6. The van der Waals surface area contributed by atoms with Gasteiger partial charge in [0.15, 0.2) is 5.25 Å². The minimum atomic E-state index is -3.93. The lowest BCUT2D eigenvalue weighted by atomic mass is 10.2. The first-order valence-corrected chi connectivity index (χ1v) is 8.90. The molecule has 0 spiro atoms. The SMILES string of the molecule is C[C@H](C(=O)N(C)C)S(=O)(=O)N1CCCN(C)c2ccc(F)cc21. The molecule has 0 saturated carbocycles. The van der Waals surface area contributed by atoms with E-state index in [4.69, 9.17) is 0 Å². The van der Waals surface area contributed by atoms with E-state index >= 15 is 0 Å². The Morgan fingerprint density at radius 1 is 1.26 bits per heavy atom. The van der Waals surface area contributed by atoms with Crippen molar-refractivity contribution in [2.45, 2.75) is 18.6 Å². The summed E-state index contributed by atoms with van der Waals surface area (Å²) in [5, 5.41) is -1.22. The number of hydrogen-bond acceptors (Lipinski definition) is 4. The van der Waals surface area contributed by atoms with Gasteiger partial charge in [-0.3, -0.25) is 9.10 Å². The lowest BCUT2D eigenvalue weighted by Crippen LogP contribution is -2.45. The molecule has 0 aromatic heterocycles. The van der Waals surface area contributed by atoms with Gasteiger partial charge >= 0.3 is 0 Å². The number of carbonyl (C=O) groups excluding carboxylic acids is 1. The van der Waals surface area contributed by atoms with Gasteiger partial charge in [-0.1, -0.05) is 0 Å². The van der Waals surface area contributed by atoms with Crippen molar-refractivity contribution in [2.24, 2.45) is 0 Å². The van der Waals surface area contributed by atoms with Crippen LogP contribution in [0.5, 0.6) is 0 Å². The standard InChI is InChI=1S/C15H22FN3O3S/c1-11(15(20)17(2)3)23(21,22)19-9-5-8-18(4)13-7-6-12(16)10-14(13)19/h6-7,10-11H,5,8-9H2,1-4H3/t11-/m1/s1. The zero-order chi connectivity index (χ0) is 17.4. The van der Waals surface area contributed by atoms with Crippen LogP contribution in [-0.4, -0.2) is 58.7 Å². The summed E-state index contributed by atoms with van der Waals surface area (Å²) in [6.07, 6.45) is 0.592. The van der Waals surface area contributed by atoms with Crippen molar-refractivity contribution < 1.29 is 17.6 Å². The molecule has 1 aromatic carbocycles. The van der Waals surface area contributed by atoms with Crippen LogP contribution >= 0.6 is 0 Å². The second kappa shape index (κ2) is 6.35. The van der Waals surface area contributed by atoms with Crippen LogP contribution in [-0.2, 0) is 14.8 Å². The number of hydrogen-bond donors (Lipinski definition) is 0. The maximum absolute atomic E-state index is 13.7. The molecule has 0 bridgehead atoms. The van der Waals surface area contributed by atoms with Gasteiger partial charge in [-0.15, -0.1) is 0 Å². The maximum atomic E-state index is 13.7. The van der Waals surface area contributed by atoms with E-state index in [0.29, 0.717) is 18.7 Å². The Morgan fingerprint density at radius 2 is 1.91 bits per heavy atom. The van der Waals surface area contributed by atoms with Gasteiger partial charge in [-0.05, 0) is 25.5 Å². The minimum absolute atomic E-state index is 0.216. The molecule has 6 nitrogen and oxygen atoms in total. The van der Waals surface area contributed by atoms with Crippen molar-refractivity contribution in [3.63, 3.8) is 0 Å². The molecule has 0 fully saturated rings. The molecule has 1 aromatic rings. The molecule has 1 amide bonds. The van der Waals surface area contributed by atoms with Gasteiger partial charge in [0, 0.05) is 40.3 Å². The molecule has 1 aliphatic heterocycles. The summed E-state index contributed by atoms with van der Waals surface area (Å²) in [5.41, 5.74) is 0.917. The highest BCUT2D eigenvalue weighted by Crippen LogP contribution is 2.35. The number of anilines is 2. The Balaban J connectivity index is 2.52. The van der Waals surface area contributed by atoms with E-state index < -0.39 is 27.0 Å². The lowest BCUT2D eigenvalue weighted by Gasteiger charge is -2.28. The third-order valence-electron chi connectivity index (χ3n) is 4.01. The van der Waals surface area contributed by atoms with Crippen LogP contribution in [0.4, 0.5) is 15.8 Å². The largest absolute Gasteiger partial charge is 0.373 e. The predicted octanol–water partition coefficient (Wildman–Crippen LogP) is 1.28. The normalized spacial score (nSPS) is 16.6. The molecular weight excluding hydrogens is 321 g/mol. The molecule has 0 radical (unpaired) electrons. The van der Waals surface area contributed by atoms with Crippen molar-refractivity contribution in [3.05, 3.63) is 24.0 Å². The second-order valence-corrected chi connectivity index (χ2v) is 8.08. The van der Waals surface area contributed by atoms with Gasteiger partial charge in [0.25, 0.3) is 0 Å². The molecule has 128 valence electrons. The average molecular weight is 343 g/mol. The van der Waals surface area contributed by atoms with Crippen molar-refractivity contribution in [1.82, 2.24) is 4.90 Å². The summed E-state index contributed by atoms with van der Waals surface area (Å²) in [4.78, 5) is 15.2. The summed E-state index contributed by atoms with van der Waals surface area (Å²) in [5.74, 6) is -1.01. The molecule has 1 heterocycles.